The zero-order valence-corrected chi connectivity index (χ0v) is 12.6. The number of hydrogen-bond acceptors (Lipinski definition) is 4. The Labute approximate surface area is 128 Å². The van der Waals surface area contributed by atoms with Crippen LogP contribution in [0, 0.1) is 11.3 Å². The van der Waals surface area contributed by atoms with Crippen LogP contribution in [0.15, 0.2) is 41.8 Å². The van der Waals surface area contributed by atoms with Crippen LogP contribution < -0.4 is 4.74 Å². The molecule has 1 aliphatic carbocycles. The summed E-state index contributed by atoms with van der Waals surface area (Å²) in [7, 11) is 0. The van der Waals surface area contributed by atoms with Crippen LogP contribution in [0.1, 0.15) is 24.4 Å². The molecule has 4 nitrogen and oxygen atoms in total. The Balaban J connectivity index is 1.43. The molecule has 0 spiro atoms. The largest absolute Gasteiger partial charge is 0.493 e. The van der Waals surface area contributed by atoms with Gasteiger partial charge in [0.05, 0.1) is 19.1 Å². The fourth-order valence-electron chi connectivity index (χ4n) is 2.13. The van der Waals surface area contributed by atoms with Gasteiger partial charge in [-0.3, -0.25) is 0 Å². The van der Waals surface area contributed by atoms with Crippen LogP contribution in [-0.4, -0.2) is 21.9 Å². The van der Waals surface area contributed by atoms with Gasteiger partial charge in [0, 0.05) is 24.2 Å². The molecule has 0 unspecified atom stereocenters. The first-order chi connectivity index (χ1) is 10.4. The van der Waals surface area contributed by atoms with Gasteiger partial charge in [-0.05, 0) is 30.5 Å². The molecule has 108 valence electrons. The Kier molecular flexibility index (Phi) is 4.46. The summed E-state index contributed by atoms with van der Waals surface area (Å²) in [5.74, 6) is 1.73. The number of nitriles is 1. The van der Waals surface area contributed by atoms with E-state index in [0.717, 1.165) is 22.2 Å². The van der Waals surface area contributed by atoms with E-state index in [1.165, 1.54) is 12.8 Å². The molecule has 0 amide bonds. The Hall–Kier alpha value is -1.93. The zero-order chi connectivity index (χ0) is 14.5. The Morgan fingerprint density at radius 2 is 2.14 bits per heavy atom. The van der Waals surface area contributed by atoms with Gasteiger partial charge in [0.15, 0.2) is 5.16 Å². The quantitative estimate of drug-likeness (QED) is 0.580. The number of rotatable bonds is 7. The maximum absolute atomic E-state index is 8.63. The molecule has 1 heterocycles. The molecule has 0 radical (unpaired) electrons. The second-order valence-corrected chi connectivity index (χ2v) is 6.09. The molecule has 1 fully saturated rings. The molecule has 1 saturated carbocycles. The van der Waals surface area contributed by atoms with Crippen molar-refractivity contribution in [1.29, 1.82) is 5.26 Å². The van der Waals surface area contributed by atoms with E-state index >= 15 is 0 Å². The second-order valence-electron chi connectivity index (χ2n) is 5.02. The maximum Gasteiger partial charge on any atom is 0.168 e. The molecular weight excluding hydrogens is 282 g/mol. The lowest BCUT2D eigenvalue weighted by Gasteiger charge is -2.07. The van der Waals surface area contributed by atoms with E-state index < -0.39 is 0 Å². The molecule has 0 atom stereocenters. The van der Waals surface area contributed by atoms with E-state index in [0.29, 0.717) is 19.1 Å². The number of imidazole rings is 1. The van der Waals surface area contributed by atoms with Crippen LogP contribution >= 0.6 is 11.8 Å². The highest BCUT2D eigenvalue weighted by Crippen LogP contribution is 2.37. The average Bonchev–Trinajstić information content (AvgIpc) is 3.25. The summed E-state index contributed by atoms with van der Waals surface area (Å²) in [5, 5.41) is 9.72. The molecule has 5 heteroatoms. The van der Waals surface area contributed by atoms with Gasteiger partial charge in [-0.25, -0.2) is 4.98 Å². The molecular formula is C16H17N3OS. The van der Waals surface area contributed by atoms with Crippen LogP contribution in [0.5, 0.6) is 5.75 Å². The van der Waals surface area contributed by atoms with E-state index in [9.17, 15) is 0 Å². The number of hydrogen-bond donors (Lipinski definition) is 0. The fourth-order valence-corrected chi connectivity index (χ4v) is 2.97. The minimum Gasteiger partial charge on any atom is -0.493 e. The predicted molar refractivity (Wildman–Crippen MR) is 82.5 cm³/mol. The Morgan fingerprint density at radius 3 is 2.86 bits per heavy atom. The van der Waals surface area contributed by atoms with Crippen molar-refractivity contribution >= 4 is 11.8 Å². The van der Waals surface area contributed by atoms with E-state index in [-0.39, 0.29) is 0 Å². The van der Waals surface area contributed by atoms with Crippen LogP contribution in [0.25, 0.3) is 0 Å². The molecule has 3 rings (SSSR count). The van der Waals surface area contributed by atoms with Crippen LogP contribution in [0.2, 0.25) is 0 Å². The van der Waals surface area contributed by atoms with Crippen molar-refractivity contribution in [1.82, 2.24) is 9.55 Å². The van der Waals surface area contributed by atoms with Crippen molar-refractivity contribution in [3.05, 3.63) is 42.2 Å². The molecule has 0 N–H and O–H groups in total. The predicted octanol–water partition coefficient (Wildman–Crippen LogP) is 3.46. The molecule has 0 aliphatic heterocycles. The third-order valence-corrected chi connectivity index (χ3v) is 4.31. The summed E-state index contributed by atoms with van der Waals surface area (Å²) in [5.41, 5.74) is 1.02. The average molecular weight is 299 g/mol. The topological polar surface area (TPSA) is 50.8 Å². The third kappa shape index (κ3) is 3.79. The minimum atomic E-state index is 0.444. The summed E-state index contributed by atoms with van der Waals surface area (Å²) < 4.78 is 7.98. The zero-order valence-electron chi connectivity index (χ0n) is 11.7. The summed E-state index contributed by atoms with van der Waals surface area (Å²) in [4.78, 5) is 4.39. The highest BCUT2D eigenvalue weighted by Gasteiger charge is 2.25. The third-order valence-electron chi connectivity index (χ3n) is 3.36. The molecule has 1 aromatic heterocycles. The van der Waals surface area contributed by atoms with Gasteiger partial charge in [-0.15, -0.1) is 0 Å². The van der Waals surface area contributed by atoms with Crippen molar-refractivity contribution in [2.45, 2.75) is 30.5 Å². The molecule has 2 aromatic rings. The summed E-state index contributed by atoms with van der Waals surface area (Å²) in [6, 6.07) is 10.5. The monoisotopic (exact) mass is 299 g/mol. The van der Waals surface area contributed by atoms with Crippen molar-refractivity contribution < 1.29 is 4.74 Å². The summed E-state index contributed by atoms with van der Waals surface area (Å²) >= 11 is 1.74. The minimum absolute atomic E-state index is 0.444. The Bertz CT molecular complexity index is 626. The molecule has 0 saturated heterocycles. The highest BCUT2D eigenvalue weighted by molar-refractivity contribution is 7.99. The van der Waals surface area contributed by atoms with Gasteiger partial charge in [0.2, 0.25) is 0 Å². The lowest BCUT2D eigenvalue weighted by Crippen LogP contribution is -2.02. The normalized spacial score (nSPS) is 13.9. The molecule has 1 aliphatic rings. The van der Waals surface area contributed by atoms with E-state index in [4.69, 9.17) is 10.00 Å². The number of nitrogens with zero attached hydrogens (tertiary/aromatic N) is 3. The smallest absolute Gasteiger partial charge is 0.168 e. The first-order valence-corrected chi connectivity index (χ1v) is 8.09. The molecule has 0 bridgehead atoms. The van der Waals surface area contributed by atoms with E-state index in [1.54, 1.807) is 11.8 Å². The number of ether oxygens (including phenoxy) is 1. The first-order valence-electron chi connectivity index (χ1n) is 7.11. The van der Waals surface area contributed by atoms with Gasteiger partial charge in [0.1, 0.15) is 5.75 Å². The molecule has 1 aromatic carbocycles. The summed E-state index contributed by atoms with van der Waals surface area (Å²) in [6.45, 7) is 0.653. The van der Waals surface area contributed by atoms with Crippen molar-refractivity contribution in [3.8, 4) is 11.8 Å². The second kappa shape index (κ2) is 6.68. The number of benzene rings is 1. The van der Waals surface area contributed by atoms with Crippen LogP contribution in [0.3, 0.4) is 0 Å². The maximum atomic E-state index is 8.63. The molecule has 21 heavy (non-hydrogen) atoms. The SMILES string of the molecule is N#CCc1ccc(OCCSc2nccn2C2CC2)cc1. The lowest BCUT2D eigenvalue weighted by molar-refractivity contribution is 0.343. The van der Waals surface area contributed by atoms with Gasteiger partial charge in [-0.2, -0.15) is 5.26 Å². The highest BCUT2D eigenvalue weighted by atomic mass is 32.2. The summed E-state index contributed by atoms with van der Waals surface area (Å²) in [6.07, 6.45) is 6.93. The van der Waals surface area contributed by atoms with Gasteiger partial charge < -0.3 is 9.30 Å². The number of thioether (sulfide) groups is 1. The van der Waals surface area contributed by atoms with Crippen molar-refractivity contribution in [2.24, 2.45) is 0 Å². The van der Waals surface area contributed by atoms with E-state index in [2.05, 4.69) is 21.8 Å². The van der Waals surface area contributed by atoms with Gasteiger partial charge >= 0.3 is 0 Å². The first kappa shape index (κ1) is 14.0. The van der Waals surface area contributed by atoms with Crippen molar-refractivity contribution in [2.75, 3.05) is 12.4 Å². The van der Waals surface area contributed by atoms with E-state index in [1.807, 2.05) is 30.5 Å². The van der Waals surface area contributed by atoms with Crippen LogP contribution in [-0.2, 0) is 6.42 Å². The lowest BCUT2D eigenvalue weighted by atomic mass is 10.2. The van der Waals surface area contributed by atoms with Crippen molar-refractivity contribution in [3.63, 3.8) is 0 Å². The number of aromatic nitrogens is 2. The Morgan fingerprint density at radius 1 is 1.33 bits per heavy atom. The van der Waals surface area contributed by atoms with Crippen LogP contribution in [0.4, 0.5) is 0 Å². The van der Waals surface area contributed by atoms with Gasteiger partial charge in [-0.1, -0.05) is 23.9 Å². The fraction of sp³-hybridized carbons (Fsp3) is 0.375. The van der Waals surface area contributed by atoms with Gasteiger partial charge in [0.25, 0.3) is 0 Å². The standard InChI is InChI=1S/C16H17N3OS/c17-8-7-13-1-5-15(6-2-13)20-11-12-21-16-18-9-10-19(16)14-3-4-14/h1-2,5-6,9-10,14H,3-4,7,11-12H2.